The maximum Gasteiger partial charge on any atom is 0.254 e. The fourth-order valence-corrected chi connectivity index (χ4v) is 2.61. The van der Waals surface area contributed by atoms with E-state index in [-0.39, 0.29) is 12.0 Å². The fourth-order valence-electron chi connectivity index (χ4n) is 2.04. The minimum atomic E-state index is -0.240. The van der Waals surface area contributed by atoms with Crippen LogP contribution in [0.15, 0.2) is 18.2 Å². The van der Waals surface area contributed by atoms with Crippen molar-refractivity contribution in [3.05, 3.63) is 32.9 Å². The van der Waals surface area contributed by atoms with E-state index in [4.69, 9.17) is 0 Å². The number of nitrogens with zero attached hydrogens (tertiary/aromatic N) is 1. The number of carbonyl (C=O) groups is 1. The van der Waals surface area contributed by atoms with Gasteiger partial charge in [-0.05, 0) is 54.5 Å². The highest BCUT2D eigenvalue weighted by molar-refractivity contribution is 14.1. The molecule has 0 radical (unpaired) electrons. The molecule has 1 aliphatic rings. The van der Waals surface area contributed by atoms with E-state index in [1.807, 2.05) is 30.0 Å². The van der Waals surface area contributed by atoms with E-state index in [1.165, 1.54) is 0 Å². The molecule has 4 heteroatoms. The molecule has 0 spiro atoms. The van der Waals surface area contributed by atoms with E-state index >= 15 is 0 Å². The van der Waals surface area contributed by atoms with E-state index in [9.17, 15) is 9.90 Å². The molecular formula is C13H16INO2. The third kappa shape index (κ3) is 2.98. The summed E-state index contributed by atoms with van der Waals surface area (Å²) in [6, 6.07) is 5.93. The molecule has 0 unspecified atom stereocenters. The number of hydrogen-bond acceptors (Lipinski definition) is 2. The molecule has 2 rings (SSSR count). The Bertz CT molecular complexity index is 425. The smallest absolute Gasteiger partial charge is 0.254 e. The monoisotopic (exact) mass is 345 g/mol. The largest absolute Gasteiger partial charge is 0.393 e. The SMILES string of the molecule is Cc1ccc(I)c(C(=O)N2CCC(O)CC2)c1. The summed E-state index contributed by atoms with van der Waals surface area (Å²) < 4.78 is 0.990. The fraction of sp³-hybridized carbons (Fsp3) is 0.462. The van der Waals surface area contributed by atoms with Gasteiger partial charge in [0.25, 0.3) is 5.91 Å². The first-order valence-corrected chi connectivity index (χ1v) is 6.89. The molecule has 92 valence electrons. The first-order chi connectivity index (χ1) is 8.08. The highest BCUT2D eigenvalue weighted by atomic mass is 127. The highest BCUT2D eigenvalue weighted by Gasteiger charge is 2.23. The molecule has 1 heterocycles. The number of amides is 1. The van der Waals surface area contributed by atoms with Crippen LogP contribution in [0.2, 0.25) is 0 Å². The van der Waals surface area contributed by atoms with Crippen LogP contribution < -0.4 is 0 Å². The zero-order chi connectivity index (χ0) is 12.4. The van der Waals surface area contributed by atoms with Crippen LogP contribution in [0, 0.1) is 10.5 Å². The predicted octanol–water partition coefficient (Wildman–Crippen LogP) is 2.20. The molecule has 1 aromatic rings. The van der Waals surface area contributed by atoms with Gasteiger partial charge in [0.2, 0.25) is 0 Å². The van der Waals surface area contributed by atoms with E-state index in [0.717, 1.165) is 14.7 Å². The Morgan fingerprint density at radius 1 is 1.41 bits per heavy atom. The zero-order valence-corrected chi connectivity index (χ0v) is 12.0. The summed E-state index contributed by atoms with van der Waals surface area (Å²) in [5.74, 6) is 0.0880. The number of benzene rings is 1. The summed E-state index contributed by atoms with van der Waals surface area (Å²) in [5.41, 5.74) is 1.88. The lowest BCUT2D eigenvalue weighted by molar-refractivity contribution is 0.0545. The Morgan fingerprint density at radius 2 is 2.06 bits per heavy atom. The molecule has 1 aromatic carbocycles. The van der Waals surface area contributed by atoms with Crippen molar-refractivity contribution < 1.29 is 9.90 Å². The van der Waals surface area contributed by atoms with Crippen molar-refractivity contribution >= 4 is 28.5 Å². The first kappa shape index (κ1) is 12.8. The number of likely N-dealkylation sites (tertiary alicyclic amines) is 1. The van der Waals surface area contributed by atoms with Gasteiger partial charge >= 0.3 is 0 Å². The van der Waals surface area contributed by atoms with Crippen LogP contribution in [0.4, 0.5) is 0 Å². The second-order valence-corrected chi connectivity index (χ2v) is 5.67. The van der Waals surface area contributed by atoms with Crippen molar-refractivity contribution in [2.75, 3.05) is 13.1 Å². The third-order valence-electron chi connectivity index (χ3n) is 3.10. The lowest BCUT2D eigenvalue weighted by Gasteiger charge is -2.30. The van der Waals surface area contributed by atoms with Gasteiger partial charge in [-0.1, -0.05) is 11.6 Å². The van der Waals surface area contributed by atoms with Crippen LogP contribution in [0.1, 0.15) is 28.8 Å². The molecule has 0 saturated carbocycles. The number of aryl methyl sites for hydroxylation is 1. The van der Waals surface area contributed by atoms with E-state index in [1.54, 1.807) is 0 Å². The molecular weight excluding hydrogens is 329 g/mol. The van der Waals surface area contributed by atoms with E-state index < -0.39 is 0 Å². The standard InChI is InChI=1S/C13H16INO2/c1-9-2-3-12(14)11(8-9)13(17)15-6-4-10(16)5-7-15/h2-3,8,10,16H,4-7H2,1H3. The van der Waals surface area contributed by atoms with E-state index in [2.05, 4.69) is 22.6 Å². The number of piperidine rings is 1. The van der Waals surface area contributed by atoms with Crippen LogP contribution in [0.25, 0.3) is 0 Å². The summed E-state index contributed by atoms with van der Waals surface area (Å²) in [6.45, 7) is 3.31. The lowest BCUT2D eigenvalue weighted by Crippen LogP contribution is -2.40. The molecule has 0 bridgehead atoms. The average Bonchev–Trinajstić information content (AvgIpc) is 2.32. The van der Waals surface area contributed by atoms with Crippen LogP contribution in [-0.4, -0.2) is 35.1 Å². The Balaban J connectivity index is 2.16. The Morgan fingerprint density at radius 3 is 2.71 bits per heavy atom. The molecule has 17 heavy (non-hydrogen) atoms. The topological polar surface area (TPSA) is 40.5 Å². The van der Waals surface area contributed by atoms with Crippen molar-refractivity contribution in [1.82, 2.24) is 4.90 Å². The molecule has 3 nitrogen and oxygen atoms in total. The molecule has 1 saturated heterocycles. The molecule has 1 amide bonds. The molecule has 0 aromatic heterocycles. The van der Waals surface area contributed by atoms with Gasteiger partial charge < -0.3 is 10.0 Å². The summed E-state index contributed by atoms with van der Waals surface area (Å²) in [4.78, 5) is 14.2. The number of rotatable bonds is 1. The number of aliphatic hydroxyl groups excluding tert-OH is 1. The predicted molar refractivity (Wildman–Crippen MR) is 75.0 cm³/mol. The normalized spacial score (nSPS) is 17.2. The van der Waals surface area contributed by atoms with Gasteiger partial charge in [-0.15, -0.1) is 0 Å². The van der Waals surface area contributed by atoms with Crippen molar-refractivity contribution in [1.29, 1.82) is 0 Å². The Hall–Kier alpha value is -0.620. The minimum Gasteiger partial charge on any atom is -0.393 e. The zero-order valence-electron chi connectivity index (χ0n) is 9.82. The van der Waals surface area contributed by atoms with Gasteiger partial charge in [-0.3, -0.25) is 4.79 Å². The van der Waals surface area contributed by atoms with Crippen molar-refractivity contribution in [2.24, 2.45) is 0 Å². The van der Waals surface area contributed by atoms with Crippen molar-refractivity contribution in [3.63, 3.8) is 0 Å². The van der Waals surface area contributed by atoms with Gasteiger partial charge in [0.15, 0.2) is 0 Å². The van der Waals surface area contributed by atoms with Crippen LogP contribution >= 0.6 is 22.6 Å². The summed E-state index contributed by atoms with van der Waals surface area (Å²) in [6.07, 6.45) is 1.14. The molecule has 1 N–H and O–H groups in total. The van der Waals surface area contributed by atoms with Crippen LogP contribution in [0.3, 0.4) is 0 Å². The van der Waals surface area contributed by atoms with Crippen LogP contribution in [0.5, 0.6) is 0 Å². The average molecular weight is 345 g/mol. The van der Waals surface area contributed by atoms with Gasteiger partial charge in [-0.25, -0.2) is 0 Å². The van der Waals surface area contributed by atoms with Gasteiger partial charge in [0, 0.05) is 16.7 Å². The molecule has 1 aliphatic heterocycles. The molecule has 0 aliphatic carbocycles. The number of hydrogen-bond donors (Lipinski definition) is 1. The molecule has 0 atom stereocenters. The Labute approximate surface area is 115 Å². The first-order valence-electron chi connectivity index (χ1n) is 5.81. The third-order valence-corrected chi connectivity index (χ3v) is 4.04. The van der Waals surface area contributed by atoms with E-state index in [0.29, 0.717) is 25.9 Å². The molecule has 1 fully saturated rings. The second-order valence-electron chi connectivity index (χ2n) is 4.51. The van der Waals surface area contributed by atoms with Crippen molar-refractivity contribution in [3.8, 4) is 0 Å². The maximum atomic E-state index is 12.3. The lowest BCUT2D eigenvalue weighted by atomic mass is 10.1. The summed E-state index contributed by atoms with van der Waals surface area (Å²) >= 11 is 2.20. The summed E-state index contributed by atoms with van der Waals surface area (Å²) in [7, 11) is 0. The Kier molecular flexibility index (Phi) is 4.04. The quantitative estimate of drug-likeness (QED) is 0.793. The minimum absolute atomic E-state index is 0.0880. The number of carbonyl (C=O) groups excluding carboxylic acids is 1. The van der Waals surface area contributed by atoms with Gasteiger partial charge in [-0.2, -0.15) is 0 Å². The highest BCUT2D eigenvalue weighted by Crippen LogP contribution is 2.19. The maximum absolute atomic E-state index is 12.3. The van der Waals surface area contributed by atoms with Crippen LogP contribution in [-0.2, 0) is 0 Å². The summed E-state index contributed by atoms with van der Waals surface area (Å²) in [5, 5.41) is 9.44. The van der Waals surface area contributed by atoms with Crippen molar-refractivity contribution in [2.45, 2.75) is 25.9 Å². The van der Waals surface area contributed by atoms with Gasteiger partial charge in [0.1, 0.15) is 0 Å². The van der Waals surface area contributed by atoms with Gasteiger partial charge in [0.05, 0.1) is 11.7 Å². The second kappa shape index (κ2) is 5.35. The number of aliphatic hydroxyl groups is 1. The number of halogens is 1.